The van der Waals surface area contributed by atoms with E-state index in [-0.39, 0.29) is 17.6 Å². The van der Waals surface area contributed by atoms with E-state index in [0.717, 1.165) is 5.76 Å². The number of carboxylic acids is 1. The molecule has 142 valence electrons. The van der Waals surface area contributed by atoms with Gasteiger partial charge in [-0.15, -0.1) is 11.8 Å². The van der Waals surface area contributed by atoms with E-state index in [1.165, 1.54) is 11.8 Å². The summed E-state index contributed by atoms with van der Waals surface area (Å²) < 4.78 is 10.0. The van der Waals surface area contributed by atoms with Crippen LogP contribution in [0, 0.1) is 10.1 Å². The summed E-state index contributed by atoms with van der Waals surface area (Å²) in [6, 6.07) is 5.25. The number of nitro groups is 1. The van der Waals surface area contributed by atoms with Gasteiger partial charge in [0.2, 0.25) is 5.52 Å². The Kier molecular flexibility index (Phi) is 5.91. The molecule has 2 aromatic heterocycles. The number of furan rings is 1. The van der Waals surface area contributed by atoms with E-state index >= 15 is 0 Å². The van der Waals surface area contributed by atoms with Gasteiger partial charge in [0.15, 0.2) is 5.52 Å². The van der Waals surface area contributed by atoms with Gasteiger partial charge in [-0.05, 0) is 41.4 Å². The third kappa shape index (κ3) is 4.56. The lowest BCUT2D eigenvalue weighted by molar-refractivity contribution is -0.382. The smallest absolute Gasteiger partial charge is 0.323 e. The van der Waals surface area contributed by atoms with Crippen molar-refractivity contribution >= 4 is 40.1 Å². The van der Waals surface area contributed by atoms with Crippen molar-refractivity contribution in [3.05, 3.63) is 40.3 Å². The number of benzene rings is 1. The number of thioether (sulfide) groups is 1. The average Bonchev–Trinajstić information content (AvgIpc) is 3.30. The molecule has 0 bridgehead atoms. The number of carbonyl (C=O) groups is 1. The van der Waals surface area contributed by atoms with Gasteiger partial charge in [0.1, 0.15) is 11.4 Å². The molecule has 0 unspecified atom stereocenters. The van der Waals surface area contributed by atoms with Gasteiger partial charge in [-0.25, -0.2) is 4.63 Å². The molecule has 10 nitrogen and oxygen atoms in total. The zero-order valence-corrected chi connectivity index (χ0v) is 14.9. The maximum atomic E-state index is 11.5. The fraction of sp³-hybridized carbons (Fsp3) is 0.312. The van der Waals surface area contributed by atoms with E-state index in [2.05, 4.69) is 15.6 Å². The lowest BCUT2D eigenvalue weighted by Gasteiger charge is -2.09. The van der Waals surface area contributed by atoms with Gasteiger partial charge in [0.05, 0.1) is 16.9 Å². The number of nitrogens with zero attached hydrogens (tertiary/aromatic N) is 3. The minimum atomic E-state index is -0.868. The molecule has 2 N–H and O–H groups in total. The predicted molar refractivity (Wildman–Crippen MR) is 96.7 cm³/mol. The molecule has 0 spiro atoms. The normalized spacial score (nSPS) is 11.0. The number of hydrogen-bond donors (Lipinski definition) is 2. The molecule has 0 aliphatic rings. The zero-order valence-electron chi connectivity index (χ0n) is 14.1. The van der Waals surface area contributed by atoms with Crippen LogP contribution in [-0.2, 0) is 10.5 Å². The first-order chi connectivity index (χ1) is 13.1. The van der Waals surface area contributed by atoms with Crippen LogP contribution < -0.4 is 5.32 Å². The Labute approximate surface area is 157 Å². The van der Waals surface area contributed by atoms with Crippen molar-refractivity contribution in [2.75, 3.05) is 11.9 Å². The monoisotopic (exact) mass is 392 g/mol. The van der Waals surface area contributed by atoms with E-state index in [0.29, 0.717) is 41.2 Å². The molecule has 0 saturated carbocycles. The van der Waals surface area contributed by atoms with Gasteiger partial charge in [-0.1, -0.05) is 0 Å². The second kappa shape index (κ2) is 8.54. The van der Waals surface area contributed by atoms with E-state index in [1.807, 2.05) is 6.07 Å². The van der Waals surface area contributed by atoms with Gasteiger partial charge in [-0.3, -0.25) is 14.9 Å². The number of unbranched alkanes of at least 4 members (excludes halogenated alkanes) is 1. The quantitative estimate of drug-likeness (QED) is 0.227. The fourth-order valence-corrected chi connectivity index (χ4v) is 3.43. The van der Waals surface area contributed by atoms with E-state index in [9.17, 15) is 14.9 Å². The summed E-state index contributed by atoms with van der Waals surface area (Å²) in [6.07, 6.45) is 2.67. The molecule has 2 heterocycles. The number of aliphatic carboxylic acids is 1. The second-order valence-electron chi connectivity index (χ2n) is 5.64. The number of hydrogen-bond acceptors (Lipinski definition) is 9. The zero-order chi connectivity index (χ0) is 19.2. The van der Waals surface area contributed by atoms with E-state index < -0.39 is 10.9 Å². The molecule has 11 heteroatoms. The Hall–Kier alpha value is -3.08. The molecule has 0 aliphatic carbocycles. The van der Waals surface area contributed by atoms with Crippen LogP contribution in [0.2, 0.25) is 0 Å². The molecule has 0 atom stereocenters. The van der Waals surface area contributed by atoms with Crippen molar-refractivity contribution in [3.63, 3.8) is 0 Å². The highest BCUT2D eigenvalue weighted by Gasteiger charge is 2.26. The van der Waals surface area contributed by atoms with Gasteiger partial charge in [-0.2, -0.15) is 0 Å². The lowest BCUT2D eigenvalue weighted by atomic mass is 10.2. The van der Waals surface area contributed by atoms with Crippen LogP contribution in [0.5, 0.6) is 0 Å². The highest BCUT2D eigenvalue weighted by molar-refractivity contribution is 7.98. The minimum Gasteiger partial charge on any atom is -0.481 e. The van der Waals surface area contributed by atoms with Crippen LogP contribution in [0.3, 0.4) is 0 Å². The van der Waals surface area contributed by atoms with Gasteiger partial charge in [0.25, 0.3) is 0 Å². The van der Waals surface area contributed by atoms with Gasteiger partial charge < -0.3 is 14.8 Å². The Balaban J connectivity index is 1.82. The van der Waals surface area contributed by atoms with Crippen molar-refractivity contribution in [2.24, 2.45) is 0 Å². The first-order valence-corrected chi connectivity index (χ1v) is 9.09. The number of aromatic nitrogens is 2. The fourth-order valence-electron chi connectivity index (χ4n) is 2.50. The minimum absolute atomic E-state index is 0.0558. The third-order valence-corrected chi connectivity index (χ3v) is 4.79. The SMILES string of the molecule is O=C(O)CCCCNc1cc(SCc2ccco2)c2nonc2c1[N+](=O)[O-]. The number of fused-ring (bicyclic) bond motifs is 1. The van der Waals surface area contributed by atoms with Crippen LogP contribution in [0.4, 0.5) is 11.4 Å². The summed E-state index contributed by atoms with van der Waals surface area (Å²) in [5.74, 6) is 0.406. The topological polar surface area (TPSA) is 145 Å². The number of nitro benzene ring substituents is 1. The predicted octanol–water partition coefficient (Wildman–Crippen LogP) is 3.68. The summed E-state index contributed by atoms with van der Waals surface area (Å²) in [5.41, 5.74) is 0.458. The molecule has 0 aliphatic heterocycles. The van der Waals surface area contributed by atoms with Gasteiger partial charge >= 0.3 is 11.7 Å². The highest BCUT2D eigenvalue weighted by Crippen LogP contribution is 2.39. The average molecular weight is 392 g/mol. The van der Waals surface area contributed by atoms with E-state index in [4.69, 9.17) is 14.2 Å². The lowest BCUT2D eigenvalue weighted by Crippen LogP contribution is -2.06. The molecule has 1 aromatic carbocycles. The number of rotatable bonds is 10. The summed E-state index contributed by atoms with van der Waals surface area (Å²) in [6.45, 7) is 0.396. The van der Waals surface area contributed by atoms with Crippen molar-refractivity contribution in [1.29, 1.82) is 0 Å². The summed E-state index contributed by atoms with van der Waals surface area (Å²) >= 11 is 1.40. The van der Waals surface area contributed by atoms with Crippen molar-refractivity contribution < 1.29 is 23.9 Å². The Morgan fingerprint density at radius 2 is 2.15 bits per heavy atom. The van der Waals surface area contributed by atoms with Crippen LogP contribution in [-0.4, -0.2) is 32.9 Å². The van der Waals surface area contributed by atoms with Crippen molar-refractivity contribution in [1.82, 2.24) is 10.3 Å². The molecular formula is C16H16N4O6S. The molecular weight excluding hydrogens is 376 g/mol. The molecule has 27 heavy (non-hydrogen) atoms. The summed E-state index contributed by atoms with van der Waals surface area (Å²) in [5, 5.41) is 30.7. The van der Waals surface area contributed by atoms with Crippen LogP contribution >= 0.6 is 11.8 Å². The highest BCUT2D eigenvalue weighted by atomic mass is 32.2. The van der Waals surface area contributed by atoms with E-state index in [1.54, 1.807) is 18.4 Å². The van der Waals surface area contributed by atoms with Crippen molar-refractivity contribution in [3.8, 4) is 0 Å². The molecule has 0 amide bonds. The summed E-state index contributed by atoms with van der Waals surface area (Å²) in [7, 11) is 0. The first-order valence-electron chi connectivity index (χ1n) is 8.10. The largest absolute Gasteiger partial charge is 0.481 e. The Morgan fingerprint density at radius 3 is 2.85 bits per heavy atom. The second-order valence-corrected chi connectivity index (χ2v) is 6.65. The number of anilines is 1. The van der Waals surface area contributed by atoms with Crippen LogP contribution in [0.1, 0.15) is 25.0 Å². The molecule has 0 saturated heterocycles. The maximum Gasteiger partial charge on any atom is 0.323 e. The van der Waals surface area contributed by atoms with Crippen molar-refractivity contribution in [2.45, 2.75) is 29.9 Å². The molecule has 3 rings (SSSR count). The Morgan fingerprint density at radius 1 is 1.33 bits per heavy atom. The molecule has 3 aromatic rings. The third-order valence-electron chi connectivity index (χ3n) is 3.74. The number of nitrogens with one attached hydrogen (secondary N) is 1. The standard InChI is InChI=1S/C16H16N4O6S/c21-13(22)5-1-2-6-17-11-8-12(27-9-10-4-3-7-25-10)14-15(19-26-18-14)16(11)20(23)24/h3-4,7-8,17H,1-2,5-6,9H2,(H,21,22). The maximum absolute atomic E-state index is 11.5. The van der Waals surface area contributed by atoms with Crippen LogP contribution in [0.25, 0.3) is 11.0 Å². The summed E-state index contributed by atoms with van der Waals surface area (Å²) in [4.78, 5) is 22.2. The van der Waals surface area contributed by atoms with Gasteiger partial charge in [0, 0.05) is 17.9 Å². The first kappa shape index (κ1) is 18.7. The number of carboxylic acid groups (broad SMARTS) is 1. The molecule has 0 fully saturated rings. The Bertz CT molecular complexity index is 940. The molecule has 0 radical (unpaired) electrons. The van der Waals surface area contributed by atoms with Crippen LogP contribution in [0.15, 0.2) is 38.4 Å².